The number of rotatable bonds is 5. The number of methoxy groups -OCH3 is 1. The Hall–Kier alpha value is -2.48. The molecule has 4 N–H and O–H groups in total. The molecule has 2 fully saturated rings. The van der Waals surface area contributed by atoms with E-state index in [0.29, 0.717) is 18.4 Å². The van der Waals surface area contributed by atoms with Gasteiger partial charge in [-0.3, -0.25) is 14.9 Å². The topological polar surface area (TPSA) is 172 Å². The standard InChI is InChI=1S/C18H21NO3.C4H6O8.ClH/c1-19-8-7-18-11-4-5-13(20)17(18)22-16-14(21-2)6-3-10(15(16)18)9-12(11)19;5-1(3(6)7)2(11-9)4(8)12-10;/h3,6,11-12,17H,4-5,7-9H2,1-2H3;1-2,5,9-10H,(H,6,7);1H/t11-,12+,17-,18-;1-,2-;/m01./s1. The Morgan fingerprint density at radius 3 is 2.60 bits per heavy atom. The normalized spacial score (nSPS) is 29.3. The van der Waals surface area contributed by atoms with Gasteiger partial charge in [0.05, 0.1) is 7.11 Å². The molecule has 194 valence electrons. The second-order valence-corrected chi connectivity index (χ2v) is 9.00. The molecule has 2 aliphatic heterocycles. The van der Waals surface area contributed by atoms with Gasteiger partial charge in [0.1, 0.15) is 0 Å². The van der Waals surface area contributed by atoms with E-state index in [4.69, 9.17) is 30.2 Å². The number of ether oxygens (including phenoxy) is 2. The van der Waals surface area contributed by atoms with E-state index in [-0.39, 0.29) is 29.7 Å². The van der Waals surface area contributed by atoms with Crippen LogP contribution in [0, 0.1) is 5.92 Å². The van der Waals surface area contributed by atoms with E-state index in [2.05, 4.69) is 27.8 Å². The van der Waals surface area contributed by atoms with E-state index in [1.165, 1.54) is 11.1 Å². The zero-order valence-corrected chi connectivity index (χ0v) is 19.9. The van der Waals surface area contributed by atoms with Crippen molar-refractivity contribution in [1.82, 2.24) is 4.90 Å². The highest BCUT2D eigenvalue weighted by Crippen LogP contribution is 2.63. The van der Waals surface area contributed by atoms with Gasteiger partial charge in [0.25, 0.3) is 0 Å². The SMILES string of the molecule is COc1ccc2c3c1O[C@H]1C(=O)CC[C@H]4[C@@H](C2)N(C)CC[C@]314.Cl.O=C(O)[C@H](O)[C@@H](OO)C(=O)OO. The van der Waals surface area contributed by atoms with Crippen molar-refractivity contribution >= 4 is 30.1 Å². The summed E-state index contributed by atoms with van der Waals surface area (Å²) in [5.41, 5.74) is 2.57. The molecule has 2 heterocycles. The van der Waals surface area contributed by atoms with Crippen LogP contribution in [-0.4, -0.2) is 88.4 Å². The average Bonchev–Trinajstić information content (AvgIpc) is 3.18. The van der Waals surface area contributed by atoms with E-state index in [9.17, 15) is 14.4 Å². The summed E-state index contributed by atoms with van der Waals surface area (Å²) in [7, 11) is 3.91. The van der Waals surface area contributed by atoms with Crippen LogP contribution in [0.3, 0.4) is 0 Å². The fraction of sp³-hybridized carbons (Fsp3) is 0.591. The minimum Gasteiger partial charge on any atom is -0.493 e. The number of hydrogen-bond donors (Lipinski definition) is 4. The Kier molecular flexibility index (Phi) is 7.94. The number of aliphatic carboxylic acids is 1. The third kappa shape index (κ3) is 4.13. The van der Waals surface area contributed by atoms with Crippen LogP contribution in [-0.2, 0) is 36.0 Å². The molecule has 1 aromatic carbocycles. The number of piperidine rings is 1. The van der Waals surface area contributed by atoms with Crippen LogP contribution in [0.5, 0.6) is 11.5 Å². The van der Waals surface area contributed by atoms with Crippen molar-refractivity contribution in [3.8, 4) is 11.5 Å². The molecule has 35 heavy (non-hydrogen) atoms. The summed E-state index contributed by atoms with van der Waals surface area (Å²) in [5.74, 6) is -0.966. The van der Waals surface area contributed by atoms with Crippen LogP contribution in [0.15, 0.2) is 12.1 Å². The van der Waals surface area contributed by atoms with Gasteiger partial charge in [0.2, 0.25) is 6.10 Å². The highest BCUT2D eigenvalue weighted by Gasteiger charge is 2.65. The van der Waals surface area contributed by atoms with Crippen molar-refractivity contribution < 1.29 is 54.4 Å². The predicted octanol–water partition coefficient (Wildman–Crippen LogP) is 0.661. The quantitative estimate of drug-likeness (QED) is 0.318. The highest BCUT2D eigenvalue weighted by atomic mass is 35.5. The number of benzene rings is 1. The molecule has 0 radical (unpaired) electrons. The summed E-state index contributed by atoms with van der Waals surface area (Å²) in [6.07, 6.45) is -1.01. The van der Waals surface area contributed by atoms with Crippen LogP contribution in [0.4, 0.5) is 0 Å². The number of aliphatic hydroxyl groups is 1. The second-order valence-electron chi connectivity index (χ2n) is 9.00. The van der Waals surface area contributed by atoms with E-state index in [1.807, 2.05) is 6.07 Å². The van der Waals surface area contributed by atoms with Crippen molar-refractivity contribution in [2.24, 2.45) is 5.92 Å². The van der Waals surface area contributed by atoms with E-state index < -0.39 is 24.1 Å². The molecule has 4 aliphatic rings. The molecule has 1 spiro atoms. The van der Waals surface area contributed by atoms with Gasteiger partial charge in [-0.15, -0.1) is 12.4 Å². The smallest absolute Gasteiger partial charge is 0.377 e. The third-order valence-electron chi connectivity index (χ3n) is 7.57. The number of carboxylic acid groups (broad SMARTS) is 1. The fourth-order valence-electron chi connectivity index (χ4n) is 6.08. The first-order valence-corrected chi connectivity index (χ1v) is 10.9. The number of Topliss-reactive ketones (excluding diaryl/α,β-unsaturated/α-hetero) is 1. The average molecular weight is 518 g/mol. The van der Waals surface area contributed by atoms with Crippen LogP contribution in [0.1, 0.15) is 30.4 Å². The molecule has 0 aromatic heterocycles. The number of ketones is 1. The lowest BCUT2D eigenvalue weighted by Gasteiger charge is -2.57. The summed E-state index contributed by atoms with van der Waals surface area (Å²) in [4.78, 5) is 41.7. The Bertz CT molecular complexity index is 1000. The van der Waals surface area contributed by atoms with Crippen LogP contribution in [0.25, 0.3) is 0 Å². The zero-order valence-electron chi connectivity index (χ0n) is 19.1. The monoisotopic (exact) mass is 517 g/mol. The van der Waals surface area contributed by atoms with Crippen LogP contribution in [0.2, 0.25) is 0 Å². The highest BCUT2D eigenvalue weighted by molar-refractivity contribution is 5.89. The largest absolute Gasteiger partial charge is 0.493 e. The molecule has 6 atom stereocenters. The van der Waals surface area contributed by atoms with Crippen molar-refractivity contribution in [2.75, 3.05) is 20.7 Å². The molecule has 0 unspecified atom stereocenters. The minimum atomic E-state index is -2.31. The van der Waals surface area contributed by atoms with Gasteiger partial charge in [0, 0.05) is 23.4 Å². The first kappa shape index (κ1) is 27.1. The molecular formula is C22H28ClNO11. The lowest BCUT2D eigenvalue weighted by atomic mass is 9.52. The number of hydrogen-bond acceptors (Lipinski definition) is 11. The van der Waals surface area contributed by atoms with Crippen LogP contribution >= 0.6 is 12.4 Å². The zero-order chi connectivity index (χ0) is 24.8. The molecule has 2 aliphatic carbocycles. The summed E-state index contributed by atoms with van der Waals surface area (Å²) in [6.45, 7) is 1.05. The van der Waals surface area contributed by atoms with Gasteiger partial charge in [-0.05, 0) is 50.4 Å². The van der Waals surface area contributed by atoms with Crippen molar-refractivity contribution in [3.05, 3.63) is 23.3 Å². The van der Waals surface area contributed by atoms with Crippen LogP contribution < -0.4 is 9.47 Å². The molecule has 5 rings (SSSR count). The maximum atomic E-state index is 12.6. The van der Waals surface area contributed by atoms with Gasteiger partial charge in [-0.25, -0.2) is 14.5 Å². The predicted molar refractivity (Wildman–Crippen MR) is 119 cm³/mol. The number of likely N-dealkylation sites (tertiary alicyclic amines) is 1. The number of likely N-dealkylation sites (N-methyl/N-ethyl adjacent to an activating group) is 1. The summed E-state index contributed by atoms with van der Waals surface area (Å²) in [5, 5.41) is 32.3. The molecular weight excluding hydrogens is 490 g/mol. The number of carbonyl (C=O) groups excluding carboxylic acids is 2. The maximum Gasteiger partial charge on any atom is 0.377 e. The van der Waals surface area contributed by atoms with Crippen molar-refractivity contribution in [2.45, 2.75) is 55.5 Å². The Morgan fingerprint density at radius 2 is 2.00 bits per heavy atom. The van der Waals surface area contributed by atoms with Gasteiger partial charge < -0.3 is 24.6 Å². The maximum absolute atomic E-state index is 12.6. The Balaban J connectivity index is 0.000000229. The van der Waals surface area contributed by atoms with Crippen molar-refractivity contribution in [3.63, 3.8) is 0 Å². The Morgan fingerprint density at radius 1 is 1.29 bits per heavy atom. The molecule has 1 saturated carbocycles. The lowest BCUT2D eigenvalue weighted by Crippen LogP contribution is -2.65. The fourth-order valence-corrected chi connectivity index (χ4v) is 6.08. The number of nitrogens with zero attached hydrogens (tertiary/aromatic N) is 1. The first-order valence-electron chi connectivity index (χ1n) is 10.9. The van der Waals surface area contributed by atoms with E-state index in [0.717, 1.165) is 37.3 Å². The molecule has 12 nitrogen and oxygen atoms in total. The van der Waals surface area contributed by atoms with E-state index >= 15 is 0 Å². The lowest BCUT2D eigenvalue weighted by molar-refractivity contribution is -0.312. The number of carboxylic acids is 1. The number of carbonyl (C=O) groups is 3. The molecule has 0 amide bonds. The van der Waals surface area contributed by atoms with Gasteiger partial charge >= 0.3 is 11.9 Å². The van der Waals surface area contributed by atoms with Gasteiger partial charge in [0.15, 0.2) is 29.5 Å². The molecule has 13 heteroatoms. The molecule has 1 saturated heterocycles. The summed E-state index contributed by atoms with van der Waals surface area (Å²) in [6, 6.07) is 4.73. The number of halogens is 1. The first-order chi connectivity index (χ1) is 16.2. The summed E-state index contributed by atoms with van der Waals surface area (Å²) < 4.78 is 11.8. The van der Waals surface area contributed by atoms with Gasteiger partial charge in [-0.2, -0.15) is 5.26 Å². The summed E-state index contributed by atoms with van der Waals surface area (Å²) >= 11 is 0. The molecule has 2 bridgehead atoms. The number of aliphatic hydroxyl groups excluding tert-OH is 1. The van der Waals surface area contributed by atoms with E-state index in [1.54, 1.807) is 7.11 Å². The minimum absolute atomic E-state index is 0. The molecule has 1 aromatic rings. The second kappa shape index (κ2) is 10.2. The third-order valence-corrected chi connectivity index (χ3v) is 7.57. The Labute approximate surface area is 206 Å². The van der Waals surface area contributed by atoms with Gasteiger partial charge in [-0.1, -0.05) is 6.07 Å². The van der Waals surface area contributed by atoms with Crippen molar-refractivity contribution in [1.29, 1.82) is 0 Å².